The Morgan fingerprint density at radius 2 is 1.75 bits per heavy atom. The van der Waals surface area contributed by atoms with Gasteiger partial charge in [0.15, 0.2) is 17.2 Å². The molecule has 3 rings (SSSR count). The first-order valence-corrected chi connectivity index (χ1v) is 11.4. The number of nitrogens with zero attached hydrogens (tertiary/aromatic N) is 2. The summed E-state index contributed by atoms with van der Waals surface area (Å²) < 4.78 is 11.9. The molecular weight excluding hydrogens is 460 g/mol. The highest BCUT2D eigenvalue weighted by Gasteiger charge is 2.23. The van der Waals surface area contributed by atoms with E-state index in [1.807, 2.05) is 43.3 Å². The molecule has 1 amide bonds. The lowest BCUT2D eigenvalue weighted by molar-refractivity contribution is -0.114. The number of ether oxygens (including phenoxy) is 2. The molecule has 0 saturated heterocycles. The number of hydrogen-bond acceptors (Lipinski definition) is 6. The molecule has 0 bridgehead atoms. The van der Waals surface area contributed by atoms with E-state index in [0.29, 0.717) is 17.9 Å². The molecule has 2 aromatic carbocycles. The number of methoxy groups -OCH3 is 2. The molecule has 0 fully saturated rings. The fraction of sp³-hybridized carbons (Fsp3) is 0.222. The van der Waals surface area contributed by atoms with E-state index in [-0.39, 0.29) is 24.6 Å². The average Bonchev–Trinajstić information content (AvgIpc) is 2.88. The SMILES string of the molecule is C/C=C/C=C/C(=O)N(CCc1ccc(OC)c(OC)c1)c1c(N)n(Cc2ccccc2)c(=O)[nH]c1=O. The summed E-state index contributed by atoms with van der Waals surface area (Å²) in [5.74, 6) is 0.593. The number of aromatic amines is 1. The topological polar surface area (TPSA) is 120 Å². The van der Waals surface area contributed by atoms with Crippen molar-refractivity contribution >= 4 is 17.4 Å². The third-order valence-corrected chi connectivity index (χ3v) is 5.55. The summed E-state index contributed by atoms with van der Waals surface area (Å²) in [6, 6.07) is 14.7. The van der Waals surface area contributed by atoms with E-state index in [0.717, 1.165) is 11.1 Å². The molecular formula is C27H30N4O5. The summed E-state index contributed by atoms with van der Waals surface area (Å²) >= 11 is 0. The molecule has 0 saturated carbocycles. The Morgan fingerprint density at radius 3 is 2.42 bits per heavy atom. The number of nitrogens with one attached hydrogen (secondary N) is 1. The smallest absolute Gasteiger partial charge is 0.330 e. The Morgan fingerprint density at radius 1 is 1.03 bits per heavy atom. The predicted octanol–water partition coefficient (Wildman–Crippen LogP) is 2.89. The van der Waals surface area contributed by atoms with Crippen LogP contribution in [0.5, 0.6) is 11.5 Å². The second-order valence-electron chi connectivity index (χ2n) is 7.88. The van der Waals surface area contributed by atoms with Gasteiger partial charge in [-0.2, -0.15) is 0 Å². The monoisotopic (exact) mass is 490 g/mol. The molecule has 0 unspecified atom stereocenters. The molecule has 0 atom stereocenters. The van der Waals surface area contributed by atoms with Gasteiger partial charge in [0, 0.05) is 12.6 Å². The van der Waals surface area contributed by atoms with Gasteiger partial charge in [0.2, 0.25) is 0 Å². The number of benzene rings is 2. The third kappa shape index (κ3) is 6.12. The summed E-state index contributed by atoms with van der Waals surface area (Å²) in [6.07, 6.45) is 6.80. The average molecular weight is 491 g/mol. The molecule has 0 aliphatic rings. The molecule has 1 heterocycles. The zero-order valence-electron chi connectivity index (χ0n) is 20.6. The first-order valence-electron chi connectivity index (χ1n) is 11.4. The van der Waals surface area contributed by atoms with Gasteiger partial charge in [-0.1, -0.05) is 54.6 Å². The van der Waals surface area contributed by atoms with Crippen LogP contribution in [-0.2, 0) is 17.8 Å². The Labute approximate surface area is 209 Å². The summed E-state index contributed by atoms with van der Waals surface area (Å²) in [5.41, 5.74) is 6.56. The Hall–Kier alpha value is -4.53. The number of nitrogen functional groups attached to an aromatic ring is 1. The molecule has 0 spiro atoms. The van der Waals surface area contributed by atoms with Crippen LogP contribution in [0.25, 0.3) is 0 Å². The van der Waals surface area contributed by atoms with Crippen LogP contribution in [0, 0.1) is 0 Å². The van der Waals surface area contributed by atoms with Gasteiger partial charge in [-0.3, -0.25) is 19.1 Å². The molecule has 9 heteroatoms. The maximum atomic E-state index is 13.2. The summed E-state index contributed by atoms with van der Waals surface area (Å²) in [7, 11) is 3.09. The van der Waals surface area contributed by atoms with Crippen molar-refractivity contribution in [1.82, 2.24) is 9.55 Å². The highest BCUT2D eigenvalue weighted by molar-refractivity contribution is 6.03. The van der Waals surface area contributed by atoms with Crippen molar-refractivity contribution < 1.29 is 14.3 Å². The number of anilines is 2. The van der Waals surface area contributed by atoms with Crippen LogP contribution < -0.4 is 31.4 Å². The Bertz CT molecular complexity index is 1370. The standard InChI is InChI=1S/C27H30N4O5/c1-4-5-7-12-23(32)30(16-15-19-13-14-21(35-2)22(17-19)36-3)24-25(28)31(27(34)29-26(24)33)18-20-10-8-6-9-11-20/h4-14,17H,15-16,18,28H2,1-3H3,(H,29,33,34)/b5-4+,12-7+. The van der Waals surface area contributed by atoms with Crippen molar-refractivity contribution in [1.29, 1.82) is 0 Å². The van der Waals surface area contributed by atoms with Gasteiger partial charge in [-0.05, 0) is 36.6 Å². The molecule has 0 aliphatic carbocycles. The van der Waals surface area contributed by atoms with Crippen molar-refractivity contribution in [2.45, 2.75) is 19.9 Å². The maximum Gasteiger partial charge on any atom is 0.330 e. The van der Waals surface area contributed by atoms with Crippen LogP contribution in [0.1, 0.15) is 18.1 Å². The van der Waals surface area contributed by atoms with Crippen LogP contribution in [0.4, 0.5) is 11.5 Å². The van der Waals surface area contributed by atoms with Crippen LogP contribution in [0.15, 0.2) is 82.4 Å². The van der Waals surface area contributed by atoms with E-state index < -0.39 is 17.2 Å². The van der Waals surface area contributed by atoms with Gasteiger partial charge < -0.3 is 20.1 Å². The van der Waals surface area contributed by atoms with Gasteiger partial charge in [-0.25, -0.2) is 4.79 Å². The fourth-order valence-corrected chi connectivity index (χ4v) is 3.71. The van der Waals surface area contributed by atoms with E-state index in [2.05, 4.69) is 4.98 Å². The largest absolute Gasteiger partial charge is 0.493 e. The lowest BCUT2D eigenvalue weighted by Crippen LogP contribution is -2.41. The van der Waals surface area contributed by atoms with E-state index in [1.54, 1.807) is 44.6 Å². The molecule has 0 aliphatic heterocycles. The number of nitrogens with two attached hydrogens (primary N) is 1. The minimum absolute atomic E-state index is 0.0823. The highest BCUT2D eigenvalue weighted by atomic mass is 16.5. The second kappa shape index (κ2) is 12.3. The van der Waals surface area contributed by atoms with Crippen molar-refractivity contribution in [3.05, 3.63) is 105 Å². The Kier molecular flexibility index (Phi) is 8.88. The molecule has 1 aromatic heterocycles. The van der Waals surface area contributed by atoms with Crippen molar-refractivity contribution in [2.75, 3.05) is 31.4 Å². The van der Waals surface area contributed by atoms with Crippen LogP contribution >= 0.6 is 0 Å². The number of hydrogen-bond donors (Lipinski definition) is 2. The quantitative estimate of drug-likeness (QED) is 0.333. The lowest BCUT2D eigenvalue weighted by Gasteiger charge is -2.24. The maximum absolute atomic E-state index is 13.2. The first kappa shape index (κ1) is 26.1. The van der Waals surface area contributed by atoms with Crippen LogP contribution in [0.2, 0.25) is 0 Å². The van der Waals surface area contributed by atoms with Gasteiger partial charge in [0.05, 0.1) is 20.8 Å². The van der Waals surface area contributed by atoms with E-state index in [4.69, 9.17) is 15.2 Å². The molecule has 9 nitrogen and oxygen atoms in total. The zero-order valence-corrected chi connectivity index (χ0v) is 20.6. The van der Waals surface area contributed by atoms with Crippen LogP contribution in [-0.4, -0.2) is 36.2 Å². The number of allylic oxidation sites excluding steroid dienone is 3. The zero-order chi connectivity index (χ0) is 26.1. The summed E-state index contributed by atoms with van der Waals surface area (Å²) in [5, 5.41) is 0. The molecule has 0 radical (unpaired) electrons. The van der Waals surface area contributed by atoms with E-state index >= 15 is 0 Å². The summed E-state index contributed by atoms with van der Waals surface area (Å²) in [6.45, 7) is 2.10. The number of carbonyl (C=O) groups excluding carboxylic acids is 1. The minimum atomic E-state index is -0.734. The van der Waals surface area contributed by atoms with Gasteiger partial charge in [0.1, 0.15) is 5.82 Å². The third-order valence-electron chi connectivity index (χ3n) is 5.55. The normalized spacial score (nSPS) is 11.2. The number of amides is 1. The summed E-state index contributed by atoms with van der Waals surface area (Å²) in [4.78, 5) is 42.3. The highest BCUT2D eigenvalue weighted by Crippen LogP contribution is 2.28. The van der Waals surface area contributed by atoms with Crippen molar-refractivity contribution in [3.8, 4) is 11.5 Å². The number of carbonyl (C=O) groups is 1. The number of aromatic nitrogens is 2. The fourth-order valence-electron chi connectivity index (χ4n) is 3.71. The predicted molar refractivity (Wildman–Crippen MR) is 141 cm³/mol. The minimum Gasteiger partial charge on any atom is -0.493 e. The van der Waals surface area contributed by atoms with Gasteiger partial charge in [-0.15, -0.1) is 0 Å². The Balaban J connectivity index is 2.03. The first-order chi connectivity index (χ1) is 17.4. The van der Waals surface area contributed by atoms with Crippen molar-refractivity contribution in [2.24, 2.45) is 0 Å². The van der Waals surface area contributed by atoms with E-state index in [9.17, 15) is 14.4 Å². The molecule has 36 heavy (non-hydrogen) atoms. The molecule has 3 aromatic rings. The van der Waals surface area contributed by atoms with Crippen LogP contribution in [0.3, 0.4) is 0 Å². The lowest BCUT2D eigenvalue weighted by atomic mass is 10.1. The van der Waals surface area contributed by atoms with E-state index in [1.165, 1.54) is 15.5 Å². The molecule has 188 valence electrons. The van der Waals surface area contributed by atoms with Gasteiger partial charge >= 0.3 is 5.69 Å². The second-order valence-corrected chi connectivity index (χ2v) is 7.88. The van der Waals surface area contributed by atoms with Gasteiger partial charge in [0.25, 0.3) is 11.5 Å². The number of H-pyrrole nitrogens is 1. The van der Waals surface area contributed by atoms with Crippen molar-refractivity contribution in [3.63, 3.8) is 0 Å². The number of rotatable bonds is 10. The molecule has 3 N–H and O–H groups in total.